The monoisotopic (exact) mass is 286 g/mol. The molecule has 21 heavy (non-hydrogen) atoms. The molecular weight excluding hydrogens is 264 g/mol. The molecule has 0 aliphatic rings. The molecule has 0 radical (unpaired) electrons. The minimum atomic E-state index is 0.504. The molecule has 0 amide bonds. The van der Waals surface area contributed by atoms with Gasteiger partial charge in [0.15, 0.2) is 0 Å². The summed E-state index contributed by atoms with van der Waals surface area (Å²) in [5, 5.41) is 3.32. The molecular formula is C17H22N2O2. The van der Waals surface area contributed by atoms with E-state index in [4.69, 9.17) is 9.47 Å². The molecule has 0 fully saturated rings. The second-order valence-electron chi connectivity index (χ2n) is 4.67. The van der Waals surface area contributed by atoms with E-state index in [0.717, 1.165) is 36.7 Å². The van der Waals surface area contributed by atoms with E-state index in [1.165, 1.54) is 0 Å². The Balaban J connectivity index is 1.66. The first kappa shape index (κ1) is 15.3. The summed E-state index contributed by atoms with van der Waals surface area (Å²) >= 11 is 0. The predicted molar refractivity (Wildman–Crippen MR) is 83.7 cm³/mol. The van der Waals surface area contributed by atoms with Gasteiger partial charge in [0.2, 0.25) is 0 Å². The smallest absolute Gasteiger partial charge is 0.137 e. The zero-order valence-electron chi connectivity index (χ0n) is 12.4. The second kappa shape index (κ2) is 8.97. The summed E-state index contributed by atoms with van der Waals surface area (Å²) in [5.41, 5.74) is 1.02. The van der Waals surface area contributed by atoms with Crippen molar-refractivity contribution in [3.05, 3.63) is 54.4 Å². The van der Waals surface area contributed by atoms with E-state index in [9.17, 15) is 0 Å². The van der Waals surface area contributed by atoms with Gasteiger partial charge in [-0.25, -0.2) is 0 Å². The zero-order valence-corrected chi connectivity index (χ0v) is 12.4. The molecule has 4 heteroatoms. The molecule has 0 unspecified atom stereocenters. The van der Waals surface area contributed by atoms with Gasteiger partial charge in [0, 0.05) is 6.54 Å². The van der Waals surface area contributed by atoms with Gasteiger partial charge in [0.25, 0.3) is 0 Å². The molecule has 1 aromatic carbocycles. The van der Waals surface area contributed by atoms with Gasteiger partial charge in [0.05, 0.1) is 11.9 Å². The van der Waals surface area contributed by atoms with Gasteiger partial charge in [-0.05, 0) is 37.2 Å². The van der Waals surface area contributed by atoms with Gasteiger partial charge in [-0.15, -0.1) is 0 Å². The molecule has 0 aliphatic heterocycles. The first-order chi connectivity index (χ1) is 10.4. The Hall–Kier alpha value is -2.07. The third kappa shape index (κ3) is 5.83. The van der Waals surface area contributed by atoms with Crippen LogP contribution >= 0.6 is 0 Å². The lowest BCUT2D eigenvalue weighted by Crippen LogP contribution is -2.14. The number of aromatic nitrogens is 1. The standard InChI is InChI=1S/C17H22N2O2/c1-2-10-18-13-15-8-9-17(14-19-15)21-12-11-20-16-6-4-3-5-7-16/h3-9,14,18H,2,10-13H2,1H3. The van der Waals surface area contributed by atoms with E-state index in [1.807, 2.05) is 42.5 Å². The van der Waals surface area contributed by atoms with Crippen molar-refractivity contribution < 1.29 is 9.47 Å². The molecule has 2 rings (SSSR count). The van der Waals surface area contributed by atoms with Gasteiger partial charge in [-0.2, -0.15) is 0 Å². The highest BCUT2D eigenvalue weighted by atomic mass is 16.5. The SMILES string of the molecule is CCCNCc1ccc(OCCOc2ccccc2)cn1. The highest BCUT2D eigenvalue weighted by Crippen LogP contribution is 2.10. The summed E-state index contributed by atoms with van der Waals surface area (Å²) in [6.07, 6.45) is 2.88. The average Bonchev–Trinajstić information content (AvgIpc) is 2.54. The summed E-state index contributed by atoms with van der Waals surface area (Å²) in [5.74, 6) is 1.63. The fourth-order valence-corrected chi connectivity index (χ4v) is 1.83. The number of para-hydroxylation sites is 1. The maximum Gasteiger partial charge on any atom is 0.137 e. The third-order valence-corrected chi connectivity index (χ3v) is 2.89. The molecule has 1 N–H and O–H groups in total. The number of pyridine rings is 1. The first-order valence-electron chi connectivity index (χ1n) is 7.35. The summed E-state index contributed by atoms with van der Waals surface area (Å²) in [4.78, 5) is 4.36. The highest BCUT2D eigenvalue weighted by molar-refractivity contribution is 5.21. The molecule has 0 atom stereocenters. The lowest BCUT2D eigenvalue weighted by atomic mass is 10.3. The van der Waals surface area contributed by atoms with Crippen LogP contribution in [0.25, 0.3) is 0 Å². The average molecular weight is 286 g/mol. The minimum Gasteiger partial charge on any atom is -0.490 e. The Kier molecular flexibility index (Phi) is 6.55. The normalized spacial score (nSPS) is 10.3. The molecule has 0 saturated heterocycles. The summed E-state index contributed by atoms with van der Waals surface area (Å²) in [7, 11) is 0. The van der Waals surface area contributed by atoms with E-state index in [2.05, 4.69) is 17.2 Å². The van der Waals surface area contributed by atoms with E-state index in [-0.39, 0.29) is 0 Å². The van der Waals surface area contributed by atoms with Crippen LogP contribution in [0.15, 0.2) is 48.7 Å². The van der Waals surface area contributed by atoms with Crippen LogP contribution in [0, 0.1) is 0 Å². The third-order valence-electron chi connectivity index (χ3n) is 2.89. The van der Waals surface area contributed by atoms with Crippen molar-refractivity contribution in [2.75, 3.05) is 19.8 Å². The fraction of sp³-hybridized carbons (Fsp3) is 0.353. The highest BCUT2D eigenvalue weighted by Gasteiger charge is 1.98. The van der Waals surface area contributed by atoms with Crippen molar-refractivity contribution in [3.63, 3.8) is 0 Å². The lowest BCUT2D eigenvalue weighted by molar-refractivity contribution is 0.216. The van der Waals surface area contributed by atoms with Crippen LogP contribution in [0.1, 0.15) is 19.0 Å². The Morgan fingerprint density at radius 3 is 2.38 bits per heavy atom. The fourth-order valence-electron chi connectivity index (χ4n) is 1.83. The number of benzene rings is 1. The van der Waals surface area contributed by atoms with Crippen molar-refractivity contribution in [2.24, 2.45) is 0 Å². The number of hydrogen-bond donors (Lipinski definition) is 1. The Morgan fingerprint density at radius 1 is 0.952 bits per heavy atom. The second-order valence-corrected chi connectivity index (χ2v) is 4.67. The van der Waals surface area contributed by atoms with Crippen LogP contribution < -0.4 is 14.8 Å². The largest absolute Gasteiger partial charge is 0.490 e. The quantitative estimate of drug-likeness (QED) is 0.720. The Labute approximate surface area is 126 Å². The van der Waals surface area contributed by atoms with Crippen molar-refractivity contribution >= 4 is 0 Å². The first-order valence-corrected chi connectivity index (χ1v) is 7.35. The molecule has 0 spiro atoms. The van der Waals surface area contributed by atoms with E-state index >= 15 is 0 Å². The van der Waals surface area contributed by atoms with E-state index < -0.39 is 0 Å². The molecule has 4 nitrogen and oxygen atoms in total. The molecule has 0 saturated carbocycles. The van der Waals surface area contributed by atoms with Gasteiger partial charge >= 0.3 is 0 Å². The number of hydrogen-bond acceptors (Lipinski definition) is 4. The lowest BCUT2D eigenvalue weighted by Gasteiger charge is -2.08. The number of ether oxygens (including phenoxy) is 2. The topological polar surface area (TPSA) is 43.4 Å². The number of nitrogens with zero attached hydrogens (tertiary/aromatic N) is 1. The number of nitrogens with one attached hydrogen (secondary N) is 1. The van der Waals surface area contributed by atoms with Crippen molar-refractivity contribution in [2.45, 2.75) is 19.9 Å². The molecule has 0 bridgehead atoms. The van der Waals surface area contributed by atoms with E-state index in [1.54, 1.807) is 6.20 Å². The molecule has 112 valence electrons. The summed E-state index contributed by atoms with van der Waals surface area (Å²) < 4.78 is 11.2. The molecule has 1 heterocycles. The van der Waals surface area contributed by atoms with Crippen LogP contribution in [-0.2, 0) is 6.54 Å². The van der Waals surface area contributed by atoms with Gasteiger partial charge < -0.3 is 14.8 Å². The van der Waals surface area contributed by atoms with E-state index in [0.29, 0.717) is 13.2 Å². The van der Waals surface area contributed by atoms with Crippen LogP contribution in [0.2, 0.25) is 0 Å². The van der Waals surface area contributed by atoms with Crippen LogP contribution in [0.5, 0.6) is 11.5 Å². The zero-order chi connectivity index (χ0) is 14.8. The van der Waals surface area contributed by atoms with Gasteiger partial charge in [-0.1, -0.05) is 25.1 Å². The molecule has 2 aromatic rings. The molecule has 1 aromatic heterocycles. The van der Waals surface area contributed by atoms with Gasteiger partial charge in [-0.3, -0.25) is 4.98 Å². The van der Waals surface area contributed by atoms with Crippen molar-refractivity contribution in [1.82, 2.24) is 10.3 Å². The molecule has 0 aliphatic carbocycles. The van der Waals surface area contributed by atoms with Crippen LogP contribution in [0.3, 0.4) is 0 Å². The van der Waals surface area contributed by atoms with Crippen molar-refractivity contribution in [1.29, 1.82) is 0 Å². The predicted octanol–water partition coefficient (Wildman–Crippen LogP) is 3.04. The maximum absolute atomic E-state index is 5.60. The summed E-state index contributed by atoms with van der Waals surface area (Å²) in [6.45, 7) is 4.98. The van der Waals surface area contributed by atoms with Crippen molar-refractivity contribution in [3.8, 4) is 11.5 Å². The Morgan fingerprint density at radius 2 is 1.71 bits per heavy atom. The maximum atomic E-state index is 5.60. The van der Waals surface area contributed by atoms with Gasteiger partial charge in [0.1, 0.15) is 24.7 Å². The Bertz CT molecular complexity index is 500. The summed E-state index contributed by atoms with van der Waals surface area (Å²) in [6, 6.07) is 13.6. The number of rotatable bonds is 9. The minimum absolute atomic E-state index is 0.504. The van der Waals surface area contributed by atoms with Crippen LogP contribution in [0.4, 0.5) is 0 Å². The van der Waals surface area contributed by atoms with Crippen LogP contribution in [-0.4, -0.2) is 24.7 Å².